The van der Waals surface area contributed by atoms with Crippen molar-refractivity contribution >= 4 is 125 Å². The van der Waals surface area contributed by atoms with E-state index in [4.69, 9.17) is 80.1 Å². The molecule has 12 rings (SSSR count). The third kappa shape index (κ3) is 20.2. The van der Waals surface area contributed by atoms with Crippen LogP contribution in [0.1, 0.15) is 13.2 Å². The summed E-state index contributed by atoms with van der Waals surface area (Å²) in [5, 5.41) is 195. The summed E-state index contributed by atoms with van der Waals surface area (Å²) >= 11 is 12.5. The van der Waals surface area contributed by atoms with Crippen molar-refractivity contribution in [2.45, 2.75) is 210 Å². The van der Waals surface area contributed by atoms with E-state index in [1.807, 2.05) is 0 Å². The number of H-pyrrole nitrogens is 1. The number of urea groups is 5. The Balaban J connectivity index is 0.000000202. The van der Waals surface area contributed by atoms with Crippen LogP contribution in [0.2, 0.25) is 0 Å². The van der Waals surface area contributed by atoms with Gasteiger partial charge in [-0.1, -0.05) is 11.6 Å². The monoisotopic (exact) mass is 2000 g/mol. The average molecular weight is 2000 g/mol. The molecule has 0 aromatic carbocycles. The lowest BCUT2D eigenvalue weighted by Crippen LogP contribution is -2.70. The first kappa shape index (κ1) is 102. The van der Waals surface area contributed by atoms with Crippen molar-refractivity contribution in [2.75, 3.05) is 53.9 Å². The molecular weight excluding hydrogens is 1930 g/mol. The summed E-state index contributed by atoms with van der Waals surface area (Å²) < 4.78 is 120. The molecule has 11 aliphatic rings. The number of esters is 1. The highest BCUT2D eigenvalue weighted by Crippen LogP contribution is 2.42. The number of amides is 15. The number of carbonyl (C=O) groups is 11. The molecule has 34 atom stereocenters. The van der Waals surface area contributed by atoms with E-state index < -0.39 is 326 Å². The third-order valence-electron chi connectivity index (χ3n) is 19.0. The number of carbonyl (C=O) groups excluding carboxylic acids is 11. The molecule has 0 spiro atoms. The highest BCUT2D eigenvalue weighted by atomic mass is 79.9. The summed E-state index contributed by atoms with van der Waals surface area (Å²) in [7, 11) is 2.14. The molecule has 12 heterocycles. The molecule has 54 nitrogen and oxygen atoms in total. The van der Waals surface area contributed by atoms with E-state index in [1.165, 1.54) is 0 Å². The van der Waals surface area contributed by atoms with Crippen molar-refractivity contribution in [3.05, 3.63) is 32.9 Å². The third-order valence-corrected chi connectivity index (χ3v) is 21.6. The van der Waals surface area contributed by atoms with Gasteiger partial charge in [0.15, 0.2) is 62.3 Å². The highest BCUT2D eigenvalue weighted by Gasteiger charge is 2.65. The predicted molar refractivity (Wildman–Crippen MR) is 372 cm³/mol. The van der Waals surface area contributed by atoms with E-state index in [0.717, 1.165) is 21.1 Å². The van der Waals surface area contributed by atoms with Crippen LogP contribution < -0.4 is 37.8 Å². The minimum atomic E-state index is -3.33. The van der Waals surface area contributed by atoms with Gasteiger partial charge in [-0.25, -0.2) is 50.7 Å². The Kier molecular flexibility index (Phi) is 34.1. The Labute approximate surface area is 703 Å². The molecule has 122 heavy (non-hydrogen) atoms. The maximum absolute atomic E-state index is 14.6. The topological polar surface area (TPSA) is 807 Å². The van der Waals surface area contributed by atoms with Crippen LogP contribution in [0.5, 0.6) is 0 Å². The van der Waals surface area contributed by atoms with Crippen molar-refractivity contribution < 1.29 is 224 Å². The van der Waals surface area contributed by atoms with Gasteiger partial charge in [0.1, 0.15) is 110 Å². The number of nitrogens with zero attached hydrogens (tertiary/aromatic N) is 6. The zero-order chi connectivity index (χ0) is 92.4. The molecule has 11 saturated heterocycles. The summed E-state index contributed by atoms with van der Waals surface area (Å²) in [6.07, 6.45) is -47.0. The van der Waals surface area contributed by atoms with Crippen LogP contribution in [0.4, 0.5) is 50.3 Å². The van der Waals surface area contributed by atoms with Gasteiger partial charge in [-0.05, 0) is 47.8 Å². The number of hydrogen-bond donors (Lipinski definition) is 26. The standard InChI is InChI=1S/C11H14BrFN2O8.C10H14BrFN2O7.C10H15FN2O7.C9H12BrFN2O7.C9H12ClFN2O7.C9H11FN2O6/c1-3(17)22-9-11(12,13)8(20)14-10(21)15(9)7-6(19)5(18)4(2-16)23-7;1-20-8-10(11,12)7(18)13-9(19)14(8)6-5(17)4(16)3(2-15)21-6;1-19-8-4(11)7(17)12-10(18)13(8)9-6(16)5(15)3(2-14)20-9;2*10-9(11)6(17)12-8(19)13(7(9)18)5-4(16)3(15)2(1-14)20-5;10-3-1-12(9(17)11-7(3)16)8-6(15)5(14)4(2-13)18-8/h4-7,9,16,18-19H,2H2,1H3,(H,14,20,21);3-6,8,15-17H,2H2,1H3,(H,13,18,19);3-6,8-9,14-16H,2H2,1H3,(H,12,17,18);2*2-5,7,14-16,18H,1H2,(H,12,17,19);1,4-6,8,13-15H,2H2,(H,11,16,17)/t4-,5+,6?,7-,9?,11?;3-,4+,5?,6-,8?,10?;3-,4?,5+,6?,8?,9-;2*2-,3+,4?,5-,7?,9?;4-,5+,6?,8-/m111111/s1. The van der Waals surface area contributed by atoms with E-state index in [0.29, 0.717) is 30.4 Å². The van der Waals surface area contributed by atoms with Gasteiger partial charge >= 0.3 is 46.9 Å². The van der Waals surface area contributed by atoms with Crippen LogP contribution in [-0.2, 0) is 71.4 Å². The van der Waals surface area contributed by atoms with Gasteiger partial charge in [-0.2, -0.15) is 4.39 Å². The average Bonchev–Trinajstić information content (AvgIpc) is 1.64. The van der Waals surface area contributed by atoms with Gasteiger partial charge in [0.25, 0.3) is 48.8 Å². The summed E-state index contributed by atoms with van der Waals surface area (Å²) in [4.78, 5) is 153. The number of ether oxygens (including phenoxy) is 9. The number of alkyl halides is 9. The molecule has 11 aliphatic heterocycles. The number of rotatable bonds is 15. The van der Waals surface area contributed by atoms with E-state index in [2.05, 4.69) is 52.5 Å². The highest BCUT2D eigenvalue weighted by molar-refractivity contribution is 9.10. The van der Waals surface area contributed by atoms with Crippen LogP contribution in [-0.4, -0.2) is 453 Å². The van der Waals surface area contributed by atoms with Crippen LogP contribution in [0.25, 0.3) is 0 Å². The molecule has 11 fully saturated rings. The first-order valence-electron chi connectivity index (χ1n) is 34.3. The molecule has 26 N–H and O–H groups in total. The minimum absolute atomic E-state index is 0.248. The molecule has 16 unspecified atom stereocenters. The fourth-order valence-corrected chi connectivity index (χ4v) is 13.9. The number of aliphatic hydroxyl groups is 20. The van der Waals surface area contributed by atoms with Gasteiger partial charge in [0.2, 0.25) is 18.2 Å². The maximum Gasteiger partial charge on any atom is 0.330 e. The number of methoxy groups -OCH3 is 2. The van der Waals surface area contributed by atoms with Crippen molar-refractivity contribution in [3.63, 3.8) is 0 Å². The smallest absolute Gasteiger partial charge is 0.330 e. The van der Waals surface area contributed by atoms with E-state index in [1.54, 1.807) is 31.6 Å². The Morgan fingerprint density at radius 2 is 0.713 bits per heavy atom. The number of aliphatic hydroxyl groups excluding tert-OH is 20. The molecule has 692 valence electrons. The number of nitrogens with one attached hydrogen (secondary N) is 6. The van der Waals surface area contributed by atoms with Crippen molar-refractivity contribution in [2.24, 2.45) is 0 Å². The van der Waals surface area contributed by atoms with E-state index >= 15 is 0 Å². The SMILES string of the molecule is CC(=O)OC1N([C@@H]2O[C@H](CO)[C@H](O)C2O)C(=O)NC(=O)C1(F)Br.COC1C(F)C(=O)NC(=O)N1[C@@H]1O[C@H](CO)[C@H](O)C1O.COC1N([C@@H]2O[C@H](CO)[C@H](O)C2O)C(=O)NC(=O)C1(F)Br.O=C1NC(=O)C(F)(Br)C(O)N1[C@@H]1O[C@H](CO)[C@H](O)C1O.O=C1NC(=O)C(F)(Cl)C(O)N1[C@@H]1O[C@H](CO)[C@H](O)C1O.O=c1[nH]c(=O)n([C@@H]2O[C@H](CO)[C@H](O)C2O)cc1F. The first-order chi connectivity index (χ1) is 56.7. The Morgan fingerprint density at radius 3 is 1.05 bits per heavy atom. The maximum atomic E-state index is 14.6. The number of aromatic nitrogens is 2. The fraction of sp³-hybridized carbons (Fsp3) is 0.741. The second-order valence-corrected chi connectivity index (χ2v) is 30.7. The molecule has 1 aromatic rings. The second-order valence-electron chi connectivity index (χ2n) is 26.7. The van der Waals surface area contributed by atoms with Crippen LogP contribution >= 0.6 is 59.4 Å². The summed E-state index contributed by atoms with van der Waals surface area (Å²) in [5.74, 6) is -9.02. The lowest BCUT2D eigenvalue weighted by molar-refractivity contribution is -0.192. The van der Waals surface area contributed by atoms with Crippen molar-refractivity contribution in [3.8, 4) is 0 Å². The molecule has 0 aliphatic carbocycles. The normalized spacial score (nSPS) is 41.9. The fourth-order valence-electron chi connectivity index (χ4n) is 12.6. The van der Waals surface area contributed by atoms with Gasteiger partial charge in [0, 0.05) is 21.1 Å². The number of hydrogen-bond acceptors (Lipinski definition) is 42. The molecule has 64 heteroatoms. The van der Waals surface area contributed by atoms with E-state index in [-0.39, 0.29) is 4.90 Å². The molecule has 15 amide bonds. The van der Waals surface area contributed by atoms with Gasteiger partial charge < -0.3 is 145 Å². The number of halogens is 10. The molecule has 0 bridgehead atoms. The zero-order valence-electron chi connectivity index (χ0n) is 61.5. The summed E-state index contributed by atoms with van der Waals surface area (Å²) in [6.45, 7) is -2.88. The lowest BCUT2D eigenvalue weighted by atomic mass is 10.1. The largest absolute Gasteiger partial charge is 0.436 e. The lowest BCUT2D eigenvalue weighted by Gasteiger charge is -2.42. The van der Waals surface area contributed by atoms with Gasteiger partial charge in [0.05, 0.1) is 45.8 Å². The molecule has 0 saturated carbocycles. The summed E-state index contributed by atoms with van der Waals surface area (Å²) in [6, 6.07) is -5.75. The molecule has 0 radical (unpaired) electrons. The quantitative estimate of drug-likeness (QED) is 0.0440. The second kappa shape index (κ2) is 40.8. The van der Waals surface area contributed by atoms with E-state index in [9.17, 15) is 160 Å². The molecule has 1 aromatic heterocycles. The zero-order valence-corrected chi connectivity index (χ0v) is 67.0. The summed E-state index contributed by atoms with van der Waals surface area (Å²) in [5.41, 5.74) is -2.18. The Bertz CT molecular complexity index is 3980. The predicted octanol–water partition coefficient (Wildman–Crippen LogP) is -14.9. The van der Waals surface area contributed by atoms with Crippen LogP contribution in [0, 0.1) is 5.82 Å². The van der Waals surface area contributed by atoms with Crippen molar-refractivity contribution in [1.29, 1.82) is 0 Å². The van der Waals surface area contributed by atoms with Crippen LogP contribution in [0.15, 0.2) is 15.8 Å². The number of aromatic amines is 1. The van der Waals surface area contributed by atoms with Gasteiger partial charge in [-0.15, -0.1) is 0 Å². The minimum Gasteiger partial charge on any atom is -0.436 e. The molecular formula is C58H78Br3ClF6N12O42. The Hall–Kier alpha value is -6.96. The Morgan fingerprint density at radius 1 is 0.426 bits per heavy atom. The number of imide groups is 5. The van der Waals surface area contributed by atoms with Crippen LogP contribution in [0.3, 0.4) is 0 Å². The van der Waals surface area contributed by atoms with Crippen molar-refractivity contribution in [1.82, 2.24) is 60.6 Å². The van der Waals surface area contributed by atoms with Gasteiger partial charge in [-0.3, -0.25) is 94.2 Å². The first-order valence-corrected chi connectivity index (χ1v) is 37.1.